The summed E-state index contributed by atoms with van der Waals surface area (Å²) in [7, 11) is 0. The summed E-state index contributed by atoms with van der Waals surface area (Å²) >= 11 is 1.27. The second kappa shape index (κ2) is 6.27. The van der Waals surface area contributed by atoms with Crippen LogP contribution in [-0.2, 0) is 20.6 Å². The molecular formula is C20H17F3N2O2S. The highest BCUT2D eigenvalue weighted by Crippen LogP contribution is 2.53. The zero-order valence-electron chi connectivity index (χ0n) is 15.2. The lowest BCUT2D eigenvalue weighted by Gasteiger charge is -2.42. The summed E-state index contributed by atoms with van der Waals surface area (Å²) in [4.78, 5) is 25.8. The Kier molecular flexibility index (Phi) is 4.22. The lowest BCUT2D eigenvalue weighted by atomic mass is 9.98. The second-order valence-electron chi connectivity index (χ2n) is 6.98. The van der Waals surface area contributed by atoms with E-state index in [4.69, 9.17) is 0 Å². The molecule has 1 saturated heterocycles. The van der Waals surface area contributed by atoms with Gasteiger partial charge in [0.15, 0.2) is 0 Å². The maximum Gasteiger partial charge on any atom is 0.416 e. The number of carbonyl (C=O) groups excluding carboxylic acids is 2. The number of hydrogen-bond donors (Lipinski definition) is 1. The van der Waals surface area contributed by atoms with Crippen LogP contribution in [-0.4, -0.2) is 17.6 Å². The van der Waals surface area contributed by atoms with Gasteiger partial charge >= 0.3 is 6.18 Å². The second-order valence-corrected chi connectivity index (χ2v) is 8.27. The molecule has 1 fully saturated rings. The van der Waals surface area contributed by atoms with Crippen molar-refractivity contribution in [3.05, 3.63) is 58.7 Å². The Morgan fingerprint density at radius 3 is 2.61 bits per heavy atom. The van der Waals surface area contributed by atoms with Gasteiger partial charge in [-0.05, 0) is 37.6 Å². The van der Waals surface area contributed by atoms with Crippen LogP contribution in [0.4, 0.5) is 24.5 Å². The van der Waals surface area contributed by atoms with Gasteiger partial charge in [-0.3, -0.25) is 14.5 Å². The molecular weight excluding hydrogens is 389 g/mol. The van der Waals surface area contributed by atoms with Crippen LogP contribution in [0.25, 0.3) is 0 Å². The van der Waals surface area contributed by atoms with E-state index in [0.717, 1.165) is 23.3 Å². The third kappa shape index (κ3) is 2.70. The predicted octanol–water partition coefficient (Wildman–Crippen LogP) is 4.60. The number of aryl methyl sites for hydroxylation is 2. The Morgan fingerprint density at radius 1 is 1.14 bits per heavy atom. The molecule has 2 amide bonds. The standard InChI is InChI=1S/C20H17F3N2O2S/c1-11-8-12(2)17-15(9-11)19(18(27)24-17)25(16(26)6-7-28-19)14-5-3-4-13(10-14)20(21,22)23/h3-5,8-10H,6-7H2,1-2H3,(H,24,27). The van der Waals surface area contributed by atoms with Crippen LogP contribution in [0.2, 0.25) is 0 Å². The number of anilines is 2. The van der Waals surface area contributed by atoms with E-state index in [-0.39, 0.29) is 18.0 Å². The van der Waals surface area contributed by atoms with E-state index in [1.165, 1.54) is 28.8 Å². The smallest absolute Gasteiger partial charge is 0.322 e. The van der Waals surface area contributed by atoms with Crippen LogP contribution in [0.3, 0.4) is 0 Å². The molecule has 2 heterocycles. The minimum Gasteiger partial charge on any atom is -0.322 e. The monoisotopic (exact) mass is 406 g/mol. The van der Waals surface area contributed by atoms with Crippen molar-refractivity contribution in [1.82, 2.24) is 0 Å². The van der Waals surface area contributed by atoms with E-state index in [1.807, 2.05) is 26.0 Å². The Morgan fingerprint density at radius 2 is 1.89 bits per heavy atom. The van der Waals surface area contributed by atoms with E-state index >= 15 is 0 Å². The zero-order chi connectivity index (χ0) is 20.3. The third-order valence-corrected chi connectivity index (χ3v) is 6.43. The van der Waals surface area contributed by atoms with Gasteiger partial charge in [-0.2, -0.15) is 13.2 Å². The average molecular weight is 406 g/mol. The van der Waals surface area contributed by atoms with Crippen LogP contribution >= 0.6 is 11.8 Å². The first kappa shape index (κ1) is 18.9. The molecule has 2 aromatic carbocycles. The van der Waals surface area contributed by atoms with Crippen molar-refractivity contribution in [3.8, 4) is 0 Å². The van der Waals surface area contributed by atoms with Gasteiger partial charge in [0.05, 0.1) is 11.3 Å². The fraction of sp³-hybridized carbons (Fsp3) is 0.300. The first-order valence-electron chi connectivity index (χ1n) is 8.72. The van der Waals surface area contributed by atoms with Crippen molar-refractivity contribution in [2.45, 2.75) is 31.3 Å². The number of amides is 2. The first-order valence-corrected chi connectivity index (χ1v) is 9.70. The Bertz CT molecular complexity index is 1010. The van der Waals surface area contributed by atoms with E-state index in [0.29, 0.717) is 17.0 Å². The van der Waals surface area contributed by atoms with Gasteiger partial charge in [-0.15, -0.1) is 11.8 Å². The Hall–Kier alpha value is -2.48. The Labute approximate surface area is 164 Å². The number of thioether (sulfide) groups is 1. The third-order valence-electron chi connectivity index (χ3n) is 5.01. The summed E-state index contributed by atoms with van der Waals surface area (Å²) < 4.78 is 39.7. The van der Waals surface area contributed by atoms with Crippen molar-refractivity contribution < 1.29 is 22.8 Å². The van der Waals surface area contributed by atoms with E-state index in [2.05, 4.69) is 5.32 Å². The minimum absolute atomic E-state index is 0.0641. The summed E-state index contributed by atoms with van der Waals surface area (Å²) in [6, 6.07) is 8.32. The quantitative estimate of drug-likeness (QED) is 0.753. The van der Waals surface area contributed by atoms with Gasteiger partial charge in [-0.1, -0.05) is 23.8 Å². The molecule has 1 N–H and O–H groups in total. The molecule has 28 heavy (non-hydrogen) atoms. The maximum absolute atomic E-state index is 13.2. The molecule has 8 heteroatoms. The summed E-state index contributed by atoms with van der Waals surface area (Å²) in [6.07, 6.45) is -4.39. The van der Waals surface area contributed by atoms with Crippen molar-refractivity contribution >= 4 is 35.0 Å². The van der Waals surface area contributed by atoms with Crippen LogP contribution in [0.1, 0.15) is 28.7 Å². The van der Waals surface area contributed by atoms with Gasteiger partial charge in [-0.25, -0.2) is 0 Å². The number of rotatable bonds is 1. The molecule has 146 valence electrons. The van der Waals surface area contributed by atoms with Crippen molar-refractivity contribution in [2.24, 2.45) is 0 Å². The minimum atomic E-state index is -4.54. The SMILES string of the molecule is Cc1cc(C)c2c(c1)C1(SCCC(=O)N1c1cccc(C(F)(F)F)c1)C(=O)N2. The van der Waals surface area contributed by atoms with E-state index < -0.39 is 22.5 Å². The lowest BCUT2D eigenvalue weighted by Crippen LogP contribution is -2.55. The molecule has 2 aliphatic heterocycles. The number of nitrogens with zero attached hydrogens (tertiary/aromatic N) is 1. The number of halogens is 3. The van der Waals surface area contributed by atoms with Crippen molar-refractivity contribution in [3.63, 3.8) is 0 Å². The summed E-state index contributed by atoms with van der Waals surface area (Å²) in [6.45, 7) is 3.74. The molecule has 1 unspecified atom stereocenters. The van der Waals surface area contributed by atoms with Crippen LogP contribution in [0.5, 0.6) is 0 Å². The molecule has 4 nitrogen and oxygen atoms in total. The molecule has 2 aliphatic rings. The van der Waals surface area contributed by atoms with Gasteiger partial charge < -0.3 is 5.32 Å². The number of carbonyl (C=O) groups is 2. The normalized spacial score (nSPS) is 21.8. The van der Waals surface area contributed by atoms with Crippen LogP contribution in [0.15, 0.2) is 36.4 Å². The molecule has 4 rings (SSSR count). The molecule has 0 bridgehead atoms. The fourth-order valence-corrected chi connectivity index (χ4v) is 5.28. The lowest BCUT2D eigenvalue weighted by molar-refractivity contribution is -0.137. The Balaban J connectivity index is 1.95. The number of benzene rings is 2. The fourth-order valence-electron chi connectivity index (χ4n) is 3.87. The number of alkyl halides is 3. The number of nitrogens with one attached hydrogen (secondary N) is 1. The highest BCUT2D eigenvalue weighted by Gasteiger charge is 2.56. The van der Waals surface area contributed by atoms with Crippen molar-refractivity contribution in [2.75, 3.05) is 16.0 Å². The van der Waals surface area contributed by atoms with Gasteiger partial charge in [0.25, 0.3) is 5.91 Å². The van der Waals surface area contributed by atoms with Crippen LogP contribution < -0.4 is 10.2 Å². The molecule has 2 aromatic rings. The average Bonchev–Trinajstić information content (AvgIpc) is 2.88. The van der Waals surface area contributed by atoms with Crippen molar-refractivity contribution in [1.29, 1.82) is 0 Å². The zero-order valence-corrected chi connectivity index (χ0v) is 16.0. The van der Waals surface area contributed by atoms with Crippen LogP contribution in [0, 0.1) is 13.8 Å². The van der Waals surface area contributed by atoms with E-state index in [1.54, 1.807) is 0 Å². The summed E-state index contributed by atoms with van der Waals surface area (Å²) in [5, 5.41) is 2.84. The van der Waals surface area contributed by atoms with Gasteiger partial charge in [0.1, 0.15) is 0 Å². The summed E-state index contributed by atoms with van der Waals surface area (Å²) in [5.41, 5.74) is 2.20. The molecule has 0 radical (unpaired) electrons. The largest absolute Gasteiger partial charge is 0.416 e. The number of fused-ring (bicyclic) bond motifs is 2. The first-order chi connectivity index (χ1) is 13.1. The maximum atomic E-state index is 13.2. The molecule has 0 aromatic heterocycles. The van der Waals surface area contributed by atoms with Gasteiger partial charge in [0, 0.05) is 23.4 Å². The molecule has 1 atom stereocenters. The highest BCUT2D eigenvalue weighted by molar-refractivity contribution is 8.01. The molecule has 0 saturated carbocycles. The van der Waals surface area contributed by atoms with Gasteiger partial charge in [0.2, 0.25) is 10.8 Å². The molecule has 1 spiro atoms. The number of hydrogen-bond acceptors (Lipinski definition) is 3. The topological polar surface area (TPSA) is 49.4 Å². The highest BCUT2D eigenvalue weighted by atomic mass is 32.2. The predicted molar refractivity (Wildman–Crippen MR) is 102 cm³/mol. The van der Waals surface area contributed by atoms with E-state index in [9.17, 15) is 22.8 Å². The molecule has 0 aliphatic carbocycles. The summed E-state index contributed by atoms with van der Waals surface area (Å²) in [5.74, 6) is -0.374.